The molecule has 5 rings (SSSR count). The van der Waals surface area contributed by atoms with Crippen molar-refractivity contribution in [3.8, 4) is 22.9 Å². The van der Waals surface area contributed by atoms with Crippen LogP contribution in [-0.4, -0.2) is 37.9 Å². The van der Waals surface area contributed by atoms with E-state index in [1.54, 1.807) is 54.5 Å². The number of amides is 1. The van der Waals surface area contributed by atoms with Gasteiger partial charge in [0.15, 0.2) is 5.82 Å². The average molecular weight is 454 g/mol. The summed E-state index contributed by atoms with van der Waals surface area (Å²) in [7, 11) is 1.60. The van der Waals surface area contributed by atoms with Crippen LogP contribution in [0.1, 0.15) is 18.5 Å². The number of carbonyl (C=O) groups is 1. The number of nitrogens with one attached hydrogen (secondary N) is 2. The van der Waals surface area contributed by atoms with Crippen molar-refractivity contribution in [2.75, 3.05) is 17.7 Å². The van der Waals surface area contributed by atoms with Crippen LogP contribution in [0.2, 0.25) is 0 Å². The number of anilines is 2. The zero-order chi connectivity index (χ0) is 23.7. The predicted molar refractivity (Wildman–Crippen MR) is 127 cm³/mol. The Balaban J connectivity index is 1.61. The van der Waals surface area contributed by atoms with Gasteiger partial charge in [0.2, 0.25) is 5.95 Å². The second kappa shape index (κ2) is 8.70. The minimum Gasteiger partial charge on any atom is -0.508 e. The second-order valence-corrected chi connectivity index (χ2v) is 7.79. The maximum absolute atomic E-state index is 13.4. The van der Waals surface area contributed by atoms with Crippen LogP contribution >= 0.6 is 0 Å². The Bertz CT molecular complexity index is 1400. The van der Waals surface area contributed by atoms with E-state index in [0.717, 1.165) is 5.56 Å². The van der Waals surface area contributed by atoms with Gasteiger partial charge in [0.05, 0.1) is 24.6 Å². The lowest BCUT2D eigenvalue weighted by molar-refractivity contribution is -0.113. The van der Waals surface area contributed by atoms with Crippen LogP contribution in [0.4, 0.5) is 11.6 Å². The molecule has 0 aliphatic carbocycles. The number of methoxy groups -OCH3 is 1. The van der Waals surface area contributed by atoms with Gasteiger partial charge in [-0.3, -0.25) is 9.78 Å². The maximum atomic E-state index is 13.4. The Kier molecular flexibility index (Phi) is 5.43. The third-order valence-electron chi connectivity index (χ3n) is 5.53. The fraction of sp³-hybridized carbons (Fsp3) is 0.120. The summed E-state index contributed by atoms with van der Waals surface area (Å²) in [6.07, 6.45) is 3.22. The third kappa shape index (κ3) is 3.95. The lowest BCUT2D eigenvalue weighted by Crippen LogP contribution is -2.31. The summed E-state index contributed by atoms with van der Waals surface area (Å²) >= 11 is 0. The Morgan fingerprint density at radius 3 is 2.76 bits per heavy atom. The number of phenols is 1. The molecular weight excluding hydrogens is 432 g/mol. The zero-order valence-electron chi connectivity index (χ0n) is 18.6. The van der Waals surface area contributed by atoms with Crippen molar-refractivity contribution in [1.29, 1.82) is 0 Å². The molecule has 9 nitrogen and oxygen atoms in total. The van der Waals surface area contributed by atoms with E-state index in [4.69, 9.17) is 9.84 Å². The molecule has 170 valence electrons. The highest BCUT2D eigenvalue weighted by Crippen LogP contribution is 2.37. The summed E-state index contributed by atoms with van der Waals surface area (Å²) in [5.74, 6) is 1.44. The smallest absolute Gasteiger partial charge is 0.255 e. The zero-order valence-corrected chi connectivity index (χ0v) is 18.6. The number of carbonyl (C=O) groups excluding carboxylic acids is 1. The van der Waals surface area contributed by atoms with Crippen molar-refractivity contribution in [2.24, 2.45) is 0 Å². The van der Waals surface area contributed by atoms with Crippen LogP contribution in [0.15, 0.2) is 84.3 Å². The van der Waals surface area contributed by atoms with Crippen molar-refractivity contribution < 1.29 is 14.6 Å². The van der Waals surface area contributed by atoms with E-state index >= 15 is 0 Å². The largest absolute Gasteiger partial charge is 0.508 e. The fourth-order valence-electron chi connectivity index (χ4n) is 3.97. The lowest BCUT2D eigenvalue weighted by atomic mass is 9.95. The molecule has 4 aromatic rings. The van der Waals surface area contributed by atoms with E-state index in [9.17, 15) is 9.90 Å². The molecule has 1 atom stereocenters. The molecule has 0 bridgehead atoms. The van der Waals surface area contributed by atoms with Crippen LogP contribution in [0.3, 0.4) is 0 Å². The summed E-state index contributed by atoms with van der Waals surface area (Å²) in [6.45, 7) is 1.82. The van der Waals surface area contributed by atoms with Crippen LogP contribution < -0.4 is 15.4 Å². The Hall–Kier alpha value is -4.66. The van der Waals surface area contributed by atoms with Crippen LogP contribution in [0, 0.1) is 0 Å². The Labute approximate surface area is 195 Å². The molecule has 34 heavy (non-hydrogen) atoms. The van der Waals surface area contributed by atoms with Gasteiger partial charge in [-0.1, -0.05) is 24.3 Å². The lowest BCUT2D eigenvalue weighted by Gasteiger charge is -2.28. The minimum absolute atomic E-state index is 0.0930. The average Bonchev–Trinajstić information content (AvgIpc) is 3.27. The van der Waals surface area contributed by atoms with Gasteiger partial charge in [-0.2, -0.15) is 4.98 Å². The number of allylic oxidation sites excluding steroid dienone is 1. The summed E-state index contributed by atoms with van der Waals surface area (Å²) in [6, 6.07) is 17.1. The molecule has 9 heteroatoms. The van der Waals surface area contributed by atoms with Crippen molar-refractivity contribution in [3.05, 3.63) is 89.9 Å². The van der Waals surface area contributed by atoms with Gasteiger partial charge in [0.25, 0.3) is 5.91 Å². The first-order valence-electron chi connectivity index (χ1n) is 10.6. The topological polar surface area (TPSA) is 114 Å². The van der Waals surface area contributed by atoms with Gasteiger partial charge >= 0.3 is 0 Å². The van der Waals surface area contributed by atoms with Gasteiger partial charge in [0, 0.05) is 17.5 Å². The highest BCUT2D eigenvalue weighted by atomic mass is 16.5. The number of benzene rings is 2. The van der Waals surface area contributed by atoms with Crippen LogP contribution in [0.5, 0.6) is 11.5 Å². The summed E-state index contributed by atoms with van der Waals surface area (Å²) < 4.78 is 6.99. The maximum Gasteiger partial charge on any atom is 0.255 e. The molecule has 1 amide bonds. The van der Waals surface area contributed by atoms with Crippen molar-refractivity contribution in [1.82, 2.24) is 19.7 Å². The first-order chi connectivity index (χ1) is 16.5. The SMILES string of the molecule is COc1cccc(-c2nc3n(n2)C(c2cccc(O)c2)C(C(=O)Nc2cccnc2)=C(C)N3)c1. The number of hydrogen-bond donors (Lipinski definition) is 3. The number of aromatic nitrogens is 4. The standard InChI is InChI=1S/C25H22N6O3/c1-15-21(24(33)28-18-8-5-11-26-14-18)22(16-6-3-9-19(32)12-16)31-25(27-15)29-23(30-31)17-7-4-10-20(13-17)34-2/h3-14,22,32H,1-2H3,(H,28,33)(H,27,29,30). The van der Waals surface area contributed by atoms with E-state index in [1.807, 2.05) is 37.3 Å². The van der Waals surface area contributed by atoms with E-state index in [0.29, 0.717) is 40.0 Å². The molecule has 2 aromatic carbocycles. The van der Waals surface area contributed by atoms with Crippen molar-refractivity contribution >= 4 is 17.5 Å². The molecule has 0 radical (unpaired) electrons. The number of aromatic hydroxyl groups is 1. The van der Waals surface area contributed by atoms with Gasteiger partial charge in [-0.05, 0) is 48.9 Å². The van der Waals surface area contributed by atoms with Crippen molar-refractivity contribution in [2.45, 2.75) is 13.0 Å². The van der Waals surface area contributed by atoms with Crippen LogP contribution in [-0.2, 0) is 4.79 Å². The highest BCUT2D eigenvalue weighted by Gasteiger charge is 2.34. The molecule has 0 saturated carbocycles. The van der Waals surface area contributed by atoms with Gasteiger partial charge in [-0.15, -0.1) is 5.10 Å². The normalized spacial score (nSPS) is 14.8. The molecule has 0 saturated heterocycles. The monoisotopic (exact) mass is 454 g/mol. The third-order valence-corrected chi connectivity index (χ3v) is 5.53. The van der Waals surface area contributed by atoms with Gasteiger partial charge in [0.1, 0.15) is 17.5 Å². The van der Waals surface area contributed by atoms with Crippen LogP contribution in [0.25, 0.3) is 11.4 Å². The minimum atomic E-state index is -0.619. The molecule has 3 heterocycles. The number of phenolic OH excluding ortho intramolecular Hbond substituents is 1. The number of rotatable bonds is 5. The predicted octanol–water partition coefficient (Wildman–Crippen LogP) is 3.98. The molecule has 0 spiro atoms. The quantitative estimate of drug-likeness (QED) is 0.418. The number of nitrogens with zero attached hydrogens (tertiary/aromatic N) is 4. The van der Waals surface area contributed by atoms with Gasteiger partial charge in [-0.25, -0.2) is 4.68 Å². The number of fused-ring (bicyclic) bond motifs is 1. The number of hydrogen-bond acceptors (Lipinski definition) is 7. The van der Waals surface area contributed by atoms with Crippen molar-refractivity contribution in [3.63, 3.8) is 0 Å². The van der Waals surface area contributed by atoms with E-state index in [-0.39, 0.29) is 11.7 Å². The fourth-order valence-corrected chi connectivity index (χ4v) is 3.97. The van der Waals surface area contributed by atoms with Gasteiger partial charge < -0.3 is 20.5 Å². The summed E-state index contributed by atoms with van der Waals surface area (Å²) in [5.41, 5.74) is 3.12. The second-order valence-electron chi connectivity index (χ2n) is 7.79. The molecule has 1 unspecified atom stereocenters. The molecule has 2 aromatic heterocycles. The Morgan fingerprint density at radius 1 is 1.15 bits per heavy atom. The Morgan fingerprint density at radius 2 is 2.00 bits per heavy atom. The van der Waals surface area contributed by atoms with E-state index < -0.39 is 6.04 Å². The number of ether oxygens (including phenoxy) is 1. The summed E-state index contributed by atoms with van der Waals surface area (Å²) in [5, 5.41) is 21.0. The molecule has 3 N–H and O–H groups in total. The first kappa shape index (κ1) is 21.2. The molecule has 1 aliphatic rings. The first-order valence-corrected chi connectivity index (χ1v) is 10.6. The van der Waals surface area contributed by atoms with E-state index in [2.05, 4.69) is 20.6 Å². The summed E-state index contributed by atoms with van der Waals surface area (Å²) in [4.78, 5) is 22.2. The molecule has 0 fully saturated rings. The molecule has 1 aliphatic heterocycles. The molecular formula is C25H22N6O3. The van der Waals surface area contributed by atoms with E-state index in [1.165, 1.54) is 0 Å². The highest BCUT2D eigenvalue weighted by molar-refractivity contribution is 6.06. The number of pyridine rings is 1.